The second-order valence-corrected chi connectivity index (χ2v) is 6.28. The average Bonchev–Trinajstić information content (AvgIpc) is 3.07. The topological polar surface area (TPSA) is 41.5 Å². The van der Waals surface area contributed by atoms with Crippen molar-refractivity contribution < 1.29 is 9.84 Å². The van der Waals surface area contributed by atoms with Gasteiger partial charge in [0, 0.05) is 6.04 Å². The fourth-order valence-corrected chi connectivity index (χ4v) is 3.37. The molecular formula is C20H25NO2. The molecule has 0 heterocycles. The molecule has 0 saturated heterocycles. The fraction of sp³-hybridized carbons (Fsp3) is 0.400. The number of rotatable bonds is 6. The Hall–Kier alpha value is -1.84. The Morgan fingerprint density at radius 1 is 1.09 bits per heavy atom. The molecule has 0 bridgehead atoms. The van der Waals surface area contributed by atoms with Gasteiger partial charge >= 0.3 is 0 Å². The molecule has 3 rings (SSSR count). The molecule has 0 fully saturated rings. The molecule has 2 N–H and O–H groups in total. The lowest BCUT2D eigenvalue weighted by Gasteiger charge is -2.23. The van der Waals surface area contributed by atoms with Crippen LogP contribution in [-0.4, -0.2) is 18.8 Å². The SMILES string of the molecule is COc1cccc(C(CO)NC(C)c2ccc3c(c2)CCC3)c1. The van der Waals surface area contributed by atoms with Gasteiger partial charge in [0.1, 0.15) is 5.75 Å². The van der Waals surface area contributed by atoms with Crippen LogP contribution < -0.4 is 10.1 Å². The molecule has 2 aromatic carbocycles. The molecule has 0 amide bonds. The zero-order valence-corrected chi connectivity index (χ0v) is 13.9. The summed E-state index contributed by atoms with van der Waals surface area (Å²) in [6.07, 6.45) is 3.67. The van der Waals surface area contributed by atoms with Crippen LogP contribution in [0.3, 0.4) is 0 Å². The molecule has 0 saturated carbocycles. The van der Waals surface area contributed by atoms with E-state index in [0.29, 0.717) is 0 Å². The molecular weight excluding hydrogens is 286 g/mol. The van der Waals surface area contributed by atoms with Gasteiger partial charge in [-0.05, 0) is 60.6 Å². The Kier molecular flexibility index (Phi) is 4.99. The number of methoxy groups -OCH3 is 1. The van der Waals surface area contributed by atoms with Gasteiger partial charge in [-0.3, -0.25) is 0 Å². The minimum atomic E-state index is -0.103. The van der Waals surface area contributed by atoms with Crippen molar-refractivity contribution in [3.63, 3.8) is 0 Å². The van der Waals surface area contributed by atoms with E-state index in [1.54, 1.807) is 7.11 Å². The minimum Gasteiger partial charge on any atom is -0.497 e. The van der Waals surface area contributed by atoms with E-state index in [0.717, 1.165) is 11.3 Å². The van der Waals surface area contributed by atoms with Crippen LogP contribution >= 0.6 is 0 Å². The molecule has 23 heavy (non-hydrogen) atoms. The van der Waals surface area contributed by atoms with Gasteiger partial charge in [0.25, 0.3) is 0 Å². The smallest absolute Gasteiger partial charge is 0.119 e. The Balaban J connectivity index is 1.75. The van der Waals surface area contributed by atoms with Gasteiger partial charge in [-0.25, -0.2) is 0 Å². The highest BCUT2D eigenvalue weighted by Gasteiger charge is 2.17. The van der Waals surface area contributed by atoms with E-state index in [4.69, 9.17) is 4.74 Å². The van der Waals surface area contributed by atoms with Crippen LogP contribution in [0.4, 0.5) is 0 Å². The molecule has 122 valence electrons. The lowest BCUT2D eigenvalue weighted by Crippen LogP contribution is -2.27. The molecule has 0 radical (unpaired) electrons. The van der Waals surface area contributed by atoms with E-state index in [1.165, 1.54) is 36.0 Å². The standard InChI is InChI=1S/C20H25NO2/c1-14(16-10-9-15-5-3-6-17(15)11-16)21-20(13-22)18-7-4-8-19(12-18)23-2/h4,7-12,14,20-22H,3,5-6,13H2,1-2H3. The fourth-order valence-electron chi connectivity index (χ4n) is 3.37. The summed E-state index contributed by atoms with van der Waals surface area (Å²) in [5, 5.41) is 13.3. The maximum atomic E-state index is 9.79. The quantitative estimate of drug-likeness (QED) is 0.857. The number of aryl methyl sites for hydroxylation is 2. The largest absolute Gasteiger partial charge is 0.497 e. The maximum Gasteiger partial charge on any atom is 0.119 e. The monoisotopic (exact) mass is 311 g/mol. The zero-order valence-electron chi connectivity index (χ0n) is 13.9. The lowest BCUT2D eigenvalue weighted by molar-refractivity contribution is 0.235. The third-order valence-corrected chi connectivity index (χ3v) is 4.75. The first-order chi connectivity index (χ1) is 11.2. The first-order valence-electron chi connectivity index (χ1n) is 8.34. The van der Waals surface area contributed by atoms with Crippen LogP contribution in [0.25, 0.3) is 0 Å². The highest BCUT2D eigenvalue weighted by molar-refractivity contribution is 5.37. The van der Waals surface area contributed by atoms with Crippen LogP contribution in [-0.2, 0) is 12.8 Å². The van der Waals surface area contributed by atoms with Crippen LogP contribution in [0.5, 0.6) is 5.75 Å². The van der Waals surface area contributed by atoms with Crippen molar-refractivity contribution in [2.24, 2.45) is 0 Å². The Morgan fingerprint density at radius 3 is 2.70 bits per heavy atom. The molecule has 0 aliphatic heterocycles. The highest BCUT2D eigenvalue weighted by atomic mass is 16.5. The van der Waals surface area contributed by atoms with Crippen LogP contribution in [0.2, 0.25) is 0 Å². The number of hydrogen-bond donors (Lipinski definition) is 2. The second kappa shape index (κ2) is 7.16. The summed E-state index contributed by atoms with van der Waals surface area (Å²) in [5.41, 5.74) is 5.30. The average molecular weight is 311 g/mol. The number of aliphatic hydroxyl groups is 1. The summed E-state index contributed by atoms with van der Waals surface area (Å²) in [7, 11) is 1.66. The molecule has 1 aliphatic rings. The highest BCUT2D eigenvalue weighted by Crippen LogP contribution is 2.27. The van der Waals surface area contributed by atoms with Crippen molar-refractivity contribution in [3.8, 4) is 5.75 Å². The van der Waals surface area contributed by atoms with Crippen LogP contribution in [0, 0.1) is 0 Å². The molecule has 0 spiro atoms. The number of benzene rings is 2. The summed E-state index contributed by atoms with van der Waals surface area (Å²) in [6, 6.07) is 14.7. The van der Waals surface area contributed by atoms with E-state index < -0.39 is 0 Å². The van der Waals surface area contributed by atoms with E-state index in [1.807, 2.05) is 24.3 Å². The second-order valence-electron chi connectivity index (χ2n) is 6.28. The van der Waals surface area contributed by atoms with Crippen molar-refractivity contribution in [2.75, 3.05) is 13.7 Å². The van der Waals surface area contributed by atoms with Gasteiger partial charge in [-0.2, -0.15) is 0 Å². The zero-order chi connectivity index (χ0) is 16.2. The van der Waals surface area contributed by atoms with Gasteiger partial charge in [-0.15, -0.1) is 0 Å². The van der Waals surface area contributed by atoms with Gasteiger partial charge < -0.3 is 15.2 Å². The number of aliphatic hydroxyl groups excluding tert-OH is 1. The molecule has 2 aromatic rings. The van der Waals surface area contributed by atoms with Crippen molar-refractivity contribution in [3.05, 3.63) is 64.7 Å². The summed E-state index contributed by atoms with van der Waals surface area (Å²) >= 11 is 0. The number of fused-ring (bicyclic) bond motifs is 1. The van der Waals surface area contributed by atoms with Gasteiger partial charge in [0.15, 0.2) is 0 Å². The van der Waals surface area contributed by atoms with Crippen molar-refractivity contribution in [2.45, 2.75) is 38.3 Å². The lowest BCUT2D eigenvalue weighted by atomic mass is 10.00. The predicted molar refractivity (Wildman–Crippen MR) is 92.8 cm³/mol. The first-order valence-corrected chi connectivity index (χ1v) is 8.34. The van der Waals surface area contributed by atoms with E-state index in [-0.39, 0.29) is 18.7 Å². The number of nitrogens with one attached hydrogen (secondary N) is 1. The normalized spacial score (nSPS) is 16.0. The number of ether oxygens (including phenoxy) is 1. The Bertz CT molecular complexity index is 668. The summed E-state index contributed by atoms with van der Waals surface area (Å²) in [6.45, 7) is 2.21. The Morgan fingerprint density at radius 2 is 1.91 bits per heavy atom. The molecule has 2 atom stereocenters. The van der Waals surface area contributed by atoms with Crippen LogP contribution in [0.15, 0.2) is 42.5 Å². The summed E-state index contributed by atoms with van der Waals surface area (Å²) in [4.78, 5) is 0. The predicted octanol–water partition coefficient (Wildman–Crippen LogP) is 3.57. The van der Waals surface area contributed by atoms with Crippen molar-refractivity contribution in [1.29, 1.82) is 0 Å². The minimum absolute atomic E-state index is 0.0580. The summed E-state index contributed by atoms with van der Waals surface area (Å²) < 4.78 is 5.28. The third-order valence-electron chi connectivity index (χ3n) is 4.75. The van der Waals surface area contributed by atoms with E-state index >= 15 is 0 Å². The molecule has 1 aliphatic carbocycles. The summed E-state index contributed by atoms with van der Waals surface area (Å²) in [5.74, 6) is 0.813. The number of hydrogen-bond acceptors (Lipinski definition) is 3. The van der Waals surface area contributed by atoms with Gasteiger partial charge in [0.2, 0.25) is 0 Å². The third kappa shape index (κ3) is 3.57. The van der Waals surface area contributed by atoms with E-state index in [9.17, 15) is 5.11 Å². The van der Waals surface area contributed by atoms with Crippen molar-refractivity contribution in [1.82, 2.24) is 5.32 Å². The molecule has 3 nitrogen and oxygen atoms in total. The van der Waals surface area contributed by atoms with E-state index in [2.05, 4.69) is 30.4 Å². The molecule has 2 unspecified atom stereocenters. The van der Waals surface area contributed by atoms with Crippen molar-refractivity contribution >= 4 is 0 Å². The molecule has 3 heteroatoms. The van der Waals surface area contributed by atoms with Gasteiger partial charge in [-0.1, -0.05) is 30.3 Å². The first kappa shape index (κ1) is 16.0. The van der Waals surface area contributed by atoms with Gasteiger partial charge in [0.05, 0.1) is 19.8 Å². The van der Waals surface area contributed by atoms with Crippen LogP contribution in [0.1, 0.15) is 47.7 Å². The Labute approximate surface area is 138 Å². The maximum absolute atomic E-state index is 9.79. The molecule has 0 aromatic heterocycles.